The summed E-state index contributed by atoms with van der Waals surface area (Å²) in [5.74, 6) is 0.862. The molecule has 0 amide bonds. The number of aromatic amines is 1. The average Bonchev–Trinajstić information content (AvgIpc) is 2.72. The molecule has 2 heteroatoms. The Morgan fingerprint density at radius 3 is 2.62 bits per heavy atom. The zero-order chi connectivity index (χ0) is 11.4. The minimum Gasteiger partial charge on any atom is -0.361 e. The standard InChI is InChI=1S/C14H22N2/c1-3-13-12(10-16-14(13)4-2)9-11-5-7-15-8-6-11/h3-4,10-11,15-16H,5-9H2,1-2H3/b13-3-,14-4+. The quantitative estimate of drug-likeness (QED) is 0.766. The Kier molecular flexibility index (Phi) is 3.83. The molecule has 88 valence electrons. The van der Waals surface area contributed by atoms with E-state index in [2.05, 4.69) is 42.5 Å². The molecule has 1 fully saturated rings. The van der Waals surface area contributed by atoms with E-state index in [0.29, 0.717) is 0 Å². The number of nitrogens with one attached hydrogen (secondary N) is 2. The predicted octanol–water partition coefficient (Wildman–Crippen LogP) is 1.16. The molecule has 1 aliphatic rings. The van der Waals surface area contributed by atoms with E-state index in [1.165, 1.54) is 48.5 Å². The fraction of sp³-hybridized carbons (Fsp3) is 0.571. The summed E-state index contributed by atoms with van der Waals surface area (Å²) in [5, 5.41) is 6.10. The van der Waals surface area contributed by atoms with Gasteiger partial charge in [-0.15, -0.1) is 0 Å². The van der Waals surface area contributed by atoms with E-state index in [0.717, 1.165) is 5.92 Å². The Bertz CT molecular complexity index is 436. The Labute approximate surface area is 97.5 Å². The van der Waals surface area contributed by atoms with Gasteiger partial charge in [-0.3, -0.25) is 0 Å². The van der Waals surface area contributed by atoms with Crippen molar-refractivity contribution < 1.29 is 0 Å². The molecular weight excluding hydrogens is 196 g/mol. The van der Waals surface area contributed by atoms with Crippen LogP contribution in [0.3, 0.4) is 0 Å². The lowest BCUT2D eigenvalue weighted by atomic mass is 9.91. The van der Waals surface area contributed by atoms with Crippen molar-refractivity contribution in [2.45, 2.75) is 33.1 Å². The molecule has 0 spiro atoms. The number of piperidine rings is 1. The maximum absolute atomic E-state index is 3.42. The second-order valence-corrected chi connectivity index (χ2v) is 4.62. The largest absolute Gasteiger partial charge is 0.361 e. The van der Waals surface area contributed by atoms with Crippen LogP contribution < -0.4 is 15.9 Å². The van der Waals surface area contributed by atoms with E-state index in [1.54, 1.807) is 0 Å². The van der Waals surface area contributed by atoms with E-state index in [-0.39, 0.29) is 0 Å². The highest BCUT2D eigenvalue weighted by Gasteiger charge is 2.14. The van der Waals surface area contributed by atoms with Gasteiger partial charge in [0.05, 0.1) is 0 Å². The SMILES string of the molecule is C/C=c1/c(CC2CCNCC2)c[nH]/c1=C/C. The highest BCUT2D eigenvalue weighted by molar-refractivity contribution is 5.31. The van der Waals surface area contributed by atoms with Crippen LogP contribution in [0.25, 0.3) is 12.2 Å². The van der Waals surface area contributed by atoms with Gasteiger partial charge in [0.1, 0.15) is 0 Å². The van der Waals surface area contributed by atoms with Crippen molar-refractivity contribution in [3.63, 3.8) is 0 Å². The summed E-state index contributed by atoms with van der Waals surface area (Å²) in [5.41, 5.74) is 1.49. The Morgan fingerprint density at radius 1 is 1.25 bits per heavy atom. The van der Waals surface area contributed by atoms with E-state index in [9.17, 15) is 0 Å². The number of aromatic nitrogens is 1. The van der Waals surface area contributed by atoms with Gasteiger partial charge < -0.3 is 10.3 Å². The van der Waals surface area contributed by atoms with Crippen LogP contribution in [0.2, 0.25) is 0 Å². The summed E-state index contributed by atoms with van der Waals surface area (Å²) in [6.07, 6.45) is 10.4. The van der Waals surface area contributed by atoms with Gasteiger partial charge >= 0.3 is 0 Å². The van der Waals surface area contributed by atoms with Crippen LogP contribution >= 0.6 is 0 Å². The fourth-order valence-corrected chi connectivity index (χ4v) is 2.64. The van der Waals surface area contributed by atoms with Gasteiger partial charge in [-0.05, 0) is 62.9 Å². The second kappa shape index (κ2) is 5.35. The van der Waals surface area contributed by atoms with E-state index in [1.807, 2.05) is 0 Å². The monoisotopic (exact) mass is 218 g/mol. The fourth-order valence-electron chi connectivity index (χ4n) is 2.64. The second-order valence-electron chi connectivity index (χ2n) is 4.62. The summed E-state index contributed by atoms with van der Waals surface area (Å²) in [7, 11) is 0. The van der Waals surface area contributed by atoms with Crippen molar-refractivity contribution in [2.24, 2.45) is 5.92 Å². The molecule has 0 saturated carbocycles. The van der Waals surface area contributed by atoms with Crippen molar-refractivity contribution in [3.8, 4) is 0 Å². The van der Waals surface area contributed by atoms with Gasteiger partial charge in [-0.1, -0.05) is 12.2 Å². The maximum Gasteiger partial charge on any atom is 0.0410 e. The topological polar surface area (TPSA) is 27.8 Å². The highest BCUT2D eigenvalue weighted by Crippen LogP contribution is 2.15. The molecule has 2 N–H and O–H groups in total. The zero-order valence-corrected chi connectivity index (χ0v) is 10.3. The minimum absolute atomic E-state index is 0.862. The van der Waals surface area contributed by atoms with Crippen molar-refractivity contribution >= 4 is 12.2 Å². The van der Waals surface area contributed by atoms with Crippen LogP contribution in [-0.2, 0) is 6.42 Å². The normalized spacial score (nSPS) is 20.6. The third kappa shape index (κ3) is 2.38. The zero-order valence-electron chi connectivity index (χ0n) is 10.3. The number of rotatable bonds is 2. The summed E-state index contributed by atoms with van der Waals surface area (Å²) >= 11 is 0. The Morgan fingerprint density at radius 2 is 2.00 bits per heavy atom. The summed E-state index contributed by atoms with van der Waals surface area (Å²) in [6, 6.07) is 0. The summed E-state index contributed by atoms with van der Waals surface area (Å²) in [6.45, 7) is 6.59. The Balaban J connectivity index is 2.18. The lowest BCUT2D eigenvalue weighted by molar-refractivity contribution is 0.372. The van der Waals surface area contributed by atoms with Crippen LogP contribution in [0.1, 0.15) is 32.3 Å². The Hall–Kier alpha value is -1.02. The number of hydrogen-bond donors (Lipinski definition) is 2. The van der Waals surface area contributed by atoms with Gasteiger partial charge in [-0.2, -0.15) is 0 Å². The first kappa shape index (κ1) is 11.5. The number of hydrogen-bond acceptors (Lipinski definition) is 1. The van der Waals surface area contributed by atoms with E-state index in [4.69, 9.17) is 0 Å². The smallest absolute Gasteiger partial charge is 0.0410 e. The first-order valence-corrected chi connectivity index (χ1v) is 6.34. The van der Waals surface area contributed by atoms with Crippen molar-refractivity contribution in [1.82, 2.24) is 10.3 Å². The van der Waals surface area contributed by atoms with Crippen LogP contribution in [0.15, 0.2) is 6.20 Å². The molecule has 1 aliphatic heterocycles. The van der Waals surface area contributed by atoms with Crippen LogP contribution in [0.5, 0.6) is 0 Å². The molecule has 2 nitrogen and oxygen atoms in total. The molecule has 0 atom stereocenters. The molecule has 0 unspecified atom stereocenters. The molecule has 0 aromatic carbocycles. The molecule has 16 heavy (non-hydrogen) atoms. The lowest BCUT2D eigenvalue weighted by Crippen LogP contribution is -2.30. The predicted molar refractivity (Wildman–Crippen MR) is 69.6 cm³/mol. The van der Waals surface area contributed by atoms with Gasteiger partial charge in [-0.25, -0.2) is 0 Å². The molecule has 2 heterocycles. The minimum atomic E-state index is 0.862. The van der Waals surface area contributed by atoms with Gasteiger partial charge in [0, 0.05) is 11.5 Å². The third-order valence-electron chi connectivity index (χ3n) is 3.58. The van der Waals surface area contributed by atoms with E-state index >= 15 is 0 Å². The third-order valence-corrected chi connectivity index (χ3v) is 3.58. The van der Waals surface area contributed by atoms with Gasteiger partial charge in [0.15, 0.2) is 0 Å². The van der Waals surface area contributed by atoms with Gasteiger partial charge in [0.2, 0.25) is 0 Å². The lowest BCUT2D eigenvalue weighted by Gasteiger charge is -2.22. The van der Waals surface area contributed by atoms with Crippen LogP contribution in [-0.4, -0.2) is 18.1 Å². The molecule has 1 aromatic rings. The van der Waals surface area contributed by atoms with Crippen LogP contribution in [0.4, 0.5) is 0 Å². The first-order chi connectivity index (χ1) is 7.85. The number of H-pyrrole nitrogens is 1. The van der Waals surface area contributed by atoms with E-state index < -0.39 is 0 Å². The molecule has 1 saturated heterocycles. The molecular formula is C14H22N2. The molecule has 2 rings (SSSR count). The average molecular weight is 218 g/mol. The van der Waals surface area contributed by atoms with Crippen molar-refractivity contribution in [3.05, 3.63) is 22.3 Å². The molecule has 0 bridgehead atoms. The van der Waals surface area contributed by atoms with Gasteiger partial charge in [0.25, 0.3) is 0 Å². The van der Waals surface area contributed by atoms with Crippen molar-refractivity contribution in [1.29, 1.82) is 0 Å². The highest BCUT2D eigenvalue weighted by atomic mass is 14.9. The molecule has 0 radical (unpaired) electrons. The molecule has 0 aliphatic carbocycles. The summed E-state index contributed by atoms with van der Waals surface area (Å²) < 4.78 is 0. The molecule has 1 aromatic heterocycles. The maximum atomic E-state index is 3.42. The first-order valence-electron chi connectivity index (χ1n) is 6.34. The van der Waals surface area contributed by atoms with Crippen LogP contribution in [0, 0.1) is 5.92 Å². The van der Waals surface area contributed by atoms with Crippen molar-refractivity contribution in [2.75, 3.05) is 13.1 Å². The summed E-state index contributed by atoms with van der Waals surface area (Å²) in [4.78, 5) is 3.36.